The van der Waals surface area contributed by atoms with Crippen LogP contribution in [0, 0.1) is 0 Å². The summed E-state index contributed by atoms with van der Waals surface area (Å²) in [7, 11) is 3.90. The minimum atomic E-state index is -0.336. The van der Waals surface area contributed by atoms with Gasteiger partial charge in [-0.2, -0.15) is 0 Å². The molecule has 5 aromatic rings. The monoisotopic (exact) mass is 561 g/mol. The Labute approximate surface area is 245 Å². The van der Waals surface area contributed by atoms with Gasteiger partial charge in [0.1, 0.15) is 17.7 Å². The van der Waals surface area contributed by atoms with E-state index in [1.807, 2.05) is 91.6 Å². The quantitative estimate of drug-likeness (QED) is 0.245. The first-order chi connectivity index (χ1) is 20.4. The Bertz CT molecular complexity index is 1640. The van der Waals surface area contributed by atoms with Gasteiger partial charge in [0, 0.05) is 30.1 Å². The first-order valence-corrected chi connectivity index (χ1v) is 14.2. The fraction of sp³-hybridized carbons (Fsp3) is 0.281. The molecule has 1 fully saturated rings. The molecule has 10 nitrogen and oxygen atoms in total. The highest BCUT2D eigenvalue weighted by molar-refractivity contribution is 5.84. The second kappa shape index (κ2) is 11.7. The molecule has 0 aliphatic carbocycles. The smallest absolute Gasteiger partial charge is 0.245 e. The molecular formula is C32H35N9O. The van der Waals surface area contributed by atoms with Crippen molar-refractivity contribution in [3.63, 3.8) is 0 Å². The van der Waals surface area contributed by atoms with Gasteiger partial charge in [0.15, 0.2) is 5.82 Å². The number of rotatable bonds is 8. The zero-order valence-electron chi connectivity index (χ0n) is 24.0. The summed E-state index contributed by atoms with van der Waals surface area (Å²) in [6.07, 6.45) is 8.98. The van der Waals surface area contributed by atoms with E-state index in [1.165, 1.54) is 0 Å². The summed E-state index contributed by atoms with van der Waals surface area (Å²) in [5, 5.41) is 0. The van der Waals surface area contributed by atoms with Crippen LogP contribution in [0.5, 0.6) is 0 Å². The summed E-state index contributed by atoms with van der Waals surface area (Å²) in [4.78, 5) is 42.6. The maximum absolute atomic E-state index is 13.8. The molecule has 4 heterocycles. The Morgan fingerprint density at radius 2 is 1.55 bits per heavy atom. The third-order valence-corrected chi connectivity index (χ3v) is 7.76. The van der Waals surface area contributed by atoms with Crippen LogP contribution in [0.4, 0.5) is 0 Å². The first kappa shape index (κ1) is 27.5. The first-order valence-electron chi connectivity index (χ1n) is 14.2. The molecule has 1 aliphatic rings. The predicted octanol–water partition coefficient (Wildman–Crippen LogP) is 4.91. The number of nitrogens with zero attached hydrogens (tertiary/aromatic N) is 6. The molecule has 214 valence electrons. The van der Waals surface area contributed by atoms with Crippen molar-refractivity contribution in [2.45, 2.75) is 37.9 Å². The zero-order valence-corrected chi connectivity index (χ0v) is 24.0. The van der Waals surface area contributed by atoms with Crippen molar-refractivity contribution in [1.29, 1.82) is 0 Å². The molecule has 4 N–H and O–H groups in total. The third kappa shape index (κ3) is 5.46. The molecule has 3 aromatic heterocycles. The fourth-order valence-electron chi connectivity index (χ4n) is 5.55. The van der Waals surface area contributed by atoms with Crippen LogP contribution >= 0.6 is 0 Å². The highest BCUT2D eigenvalue weighted by Crippen LogP contribution is 2.35. The maximum atomic E-state index is 13.8. The van der Waals surface area contributed by atoms with E-state index in [1.54, 1.807) is 18.6 Å². The number of nitrogens with two attached hydrogens (primary N) is 1. The van der Waals surface area contributed by atoms with Crippen LogP contribution in [0.25, 0.3) is 33.9 Å². The lowest BCUT2D eigenvalue weighted by Gasteiger charge is -2.31. The molecule has 1 saturated heterocycles. The van der Waals surface area contributed by atoms with E-state index in [-0.39, 0.29) is 24.0 Å². The standard InChI is InChI=1S/C32H35N9O/c1-20(33)29-36-19-26(38-29)24-16-34-30(35-17-24)23-13-11-21(12-14-23)25-18-37-31(39-25)27-10-7-15-41(27)32(42)28(40(2)3)22-8-5-4-6-9-22/h4-6,8-9,11-14,16-20,27-28H,7,10,15,33H2,1-3H3,(H,36,38)(H,37,39)/t20-,27-,28+/m0/s1. The van der Waals surface area contributed by atoms with Crippen LogP contribution in [-0.2, 0) is 4.79 Å². The van der Waals surface area contributed by atoms with Gasteiger partial charge < -0.3 is 20.6 Å². The Kier molecular flexibility index (Phi) is 7.64. The molecule has 0 saturated carbocycles. The van der Waals surface area contributed by atoms with Crippen LogP contribution in [0.2, 0.25) is 0 Å². The summed E-state index contributed by atoms with van der Waals surface area (Å²) >= 11 is 0. The zero-order chi connectivity index (χ0) is 29.2. The van der Waals surface area contributed by atoms with Crippen LogP contribution in [0.3, 0.4) is 0 Å². The van der Waals surface area contributed by atoms with Crippen LogP contribution in [0.15, 0.2) is 79.4 Å². The number of hydrogen-bond acceptors (Lipinski definition) is 7. The van der Waals surface area contributed by atoms with Gasteiger partial charge >= 0.3 is 0 Å². The van der Waals surface area contributed by atoms with Crippen molar-refractivity contribution >= 4 is 5.91 Å². The number of likely N-dealkylation sites (tertiary alicyclic amines) is 1. The number of carbonyl (C=O) groups is 1. The van der Waals surface area contributed by atoms with E-state index < -0.39 is 0 Å². The van der Waals surface area contributed by atoms with E-state index in [9.17, 15) is 4.79 Å². The number of aromatic amines is 2. The molecule has 0 unspecified atom stereocenters. The van der Waals surface area contributed by atoms with Gasteiger partial charge in [0.25, 0.3) is 0 Å². The Hall–Kier alpha value is -4.67. The summed E-state index contributed by atoms with van der Waals surface area (Å²) in [5.41, 5.74) is 11.4. The van der Waals surface area contributed by atoms with Crippen molar-refractivity contribution in [3.8, 4) is 33.9 Å². The number of amides is 1. The number of imidazole rings is 2. The number of H-pyrrole nitrogens is 2. The van der Waals surface area contributed by atoms with E-state index in [4.69, 9.17) is 10.7 Å². The average Bonchev–Trinajstić information content (AvgIpc) is 3.79. The summed E-state index contributed by atoms with van der Waals surface area (Å²) in [6.45, 7) is 2.60. The molecule has 0 radical (unpaired) electrons. The summed E-state index contributed by atoms with van der Waals surface area (Å²) in [6, 6.07) is 17.4. The summed E-state index contributed by atoms with van der Waals surface area (Å²) < 4.78 is 0. The number of hydrogen-bond donors (Lipinski definition) is 3. The average molecular weight is 562 g/mol. The van der Waals surface area contributed by atoms with E-state index in [2.05, 4.69) is 24.9 Å². The molecule has 2 aromatic carbocycles. The van der Waals surface area contributed by atoms with E-state index >= 15 is 0 Å². The van der Waals surface area contributed by atoms with Gasteiger partial charge in [0.2, 0.25) is 5.91 Å². The highest BCUT2D eigenvalue weighted by atomic mass is 16.2. The van der Waals surface area contributed by atoms with Crippen LogP contribution in [0.1, 0.15) is 55.1 Å². The highest BCUT2D eigenvalue weighted by Gasteiger charge is 2.37. The van der Waals surface area contributed by atoms with E-state index in [0.717, 1.165) is 64.7 Å². The maximum Gasteiger partial charge on any atom is 0.245 e. The Morgan fingerprint density at radius 1 is 0.881 bits per heavy atom. The molecule has 0 bridgehead atoms. The minimum absolute atomic E-state index is 0.0809. The molecular weight excluding hydrogens is 526 g/mol. The van der Waals surface area contributed by atoms with Crippen molar-refractivity contribution < 1.29 is 4.79 Å². The lowest BCUT2D eigenvalue weighted by molar-refractivity contribution is -0.137. The van der Waals surface area contributed by atoms with Gasteiger partial charge in [-0.15, -0.1) is 0 Å². The summed E-state index contributed by atoms with van der Waals surface area (Å²) in [5.74, 6) is 2.28. The topological polar surface area (TPSA) is 133 Å². The Morgan fingerprint density at radius 3 is 2.21 bits per heavy atom. The second-order valence-electron chi connectivity index (χ2n) is 11.0. The minimum Gasteiger partial charge on any atom is -0.341 e. The number of aromatic nitrogens is 6. The van der Waals surface area contributed by atoms with Gasteiger partial charge in [-0.3, -0.25) is 9.69 Å². The van der Waals surface area contributed by atoms with Gasteiger partial charge in [-0.25, -0.2) is 19.9 Å². The van der Waals surface area contributed by atoms with Gasteiger partial charge in [-0.1, -0.05) is 54.6 Å². The van der Waals surface area contributed by atoms with Crippen molar-refractivity contribution in [3.05, 3.63) is 96.6 Å². The molecule has 6 rings (SSSR count). The van der Waals surface area contributed by atoms with Crippen molar-refractivity contribution in [1.82, 2.24) is 39.7 Å². The van der Waals surface area contributed by atoms with Gasteiger partial charge in [0.05, 0.1) is 35.9 Å². The predicted molar refractivity (Wildman–Crippen MR) is 162 cm³/mol. The molecule has 0 spiro atoms. The fourth-order valence-corrected chi connectivity index (χ4v) is 5.55. The number of benzene rings is 2. The molecule has 3 atom stereocenters. The lowest BCUT2D eigenvalue weighted by Crippen LogP contribution is -2.40. The van der Waals surface area contributed by atoms with Crippen LogP contribution in [-0.4, -0.2) is 66.3 Å². The SMILES string of the molecule is C[C@H](N)c1ncc(-c2cnc(-c3ccc(-c4cnc([C@@H]5CCCN5C(=O)[C@@H](c5ccccc5)N(C)C)[nH]4)cc3)nc2)[nH]1. The lowest BCUT2D eigenvalue weighted by atomic mass is 10.0. The molecule has 1 aliphatic heterocycles. The Balaban J connectivity index is 1.17. The second-order valence-corrected chi connectivity index (χ2v) is 11.0. The van der Waals surface area contributed by atoms with Crippen LogP contribution < -0.4 is 5.73 Å². The van der Waals surface area contributed by atoms with E-state index in [0.29, 0.717) is 5.82 Å². The number of nitrogens with one attached hydrogen (secondary N) is 2. The molecule has 10 heteroatoms. The molecule has 1 amide bonds. The number of carbonyl (C=O) groups excluding carboxylic acids is 1. The third-order valence-electron chi connectivity index (χ3n) is 7.76. The largest absolute Gasteiger partial charge is 0.341 e. The van der Waals surface area contributed by atoms with Crippen molar-refractivity contribution in [2.24, 2.45) is 5.73 Å². The normalized spacial score (nSPS) is 16.6. The number of likely N-dealkylation sites (N-methyl/N-ethyl adjacent to an activating group) is 1. The van der Waals surface area contributed by atoms with Gasteiger partial charge in [-0.05, 0) is 45.0 Å². The van der Waals surface area contributed by atoms with Crippen molar-refractivity contribution in [2.75, 3.05) is 20.6 Å². The molecule has 42 heavy (non-hydrogen) atoms.